The Morgan fingerprint density at radius 3 is 2.45 bits per heavy atom. The van der Waals surface area contributed by atoms with E-state index in [1.165, 1.54) is 29.5 Å². The summed E-state index contributed by atoms with van der Waals surface area (Å²) in [6, 6.07) is 13.9. The van der Waals surface area contributed by atoms with Gasteiger partial charge in [0.15, 0.2) is 0 Å². The molecule has 0 bridgehead atoms. The fourth-order valence-corrected chi connectivity index (χ4v) is 2.71. The van der Waals surface area contributed by atoms with Gasteiger partial charge >= 0.3 is 0 Å². The van der Waals surface area contributed by atoms with E-state index >= 15 is 0 Å². The van der Waals surface area contributed by atoms with Crippen LogP contribution in [-0.4, -0.2) is 4.98 Å². The van der Waals surface area contributed by atoms with Gasteiger partial charge in [0, 0.05) is 24.5 Å². The van der Waals surface area contributed by atoms with E-state index in [1.54, 1.807) is 0 Å². The van der Waals surface area contributed by atoms with Gasteiger partial charge in [-0.2, -0.15) is 0 Å². The van der Waals surface area contributed by atoms with Gasteiger partial charge in [0.1, 0.15) is 0 Å². The molecule has 1 N–H and O–H groups in total. The van der Waals surface area contributed by atoms with Gasteiger partial charge in [-0.1, -0.05) is 35.9 Å². The molecular weight excluding hydrogens is 244 g/mol. The van der Waals surface area contributed by atoms with E-state index in [4.69, 9.17) is 0 Å². The van der Waals surface area contributed by atoms with Crippen molar-refractivity contribution in [2.75, 3.05) is 0 Å². The maximum atomic E-state index is 4.22. The normalized spacial score (nSPS) is 17.7. The molecule has 0 saturated heterocycles. The third-order valence-corrected chi connectivity index (χ3v) is 4.14. The monoisotopic (exact) mass is 266 g/mol. The number of nitrogens with one attached hydrogen (secondary N) is 1. The van der Waals surface area contributed by atoms with Gasteiger partial charge in [-0.25, -0.2) is 0 Å². The second-order valence-corrected chi connectivity index (χ2v) is 5.90. The molecule has 1 aromatic carbocycles. The van der Waals surface area contributed by atoms with Crippen molar-refractivity contribution in [3.8, 4) is 0 Å². The minimum Gasteiger partial charge on any atom is -0.303 e. The Kier molecular flexibility index (Phi) is 3.83. The Bertz CT molecular complexity index is 543. The van der Waals surface area contributed by atoms with E-state index in [1.807, 2.05) is 18.5 Å². The van der Waals surface area contributed by atoms with Crippen LogP contribution >= 0.6 is 0 Å². The van der Waals surface area contributed by atoms with Crippen molar-refractivity contribution in [3.05, 3.63) is 65.5 Å². The first-order chi connectivity index (χ1) is 9.74. The van der Waals surface area contributed by atoms with Gasteiger partial charge in [-0.3, -0.25) is 4.98 Å². The standard InChI is InChI=1S/C18H22N2/c1-13-5-7-15(8-6-13)18(16-9-10-16)20-14(2)17-4-3-11-19-12-17/h3-8,11-12,14,16,18,20H,9-10H2,1-2H3. The zero-order valence-electron chi connectivity index (χ0n) is 12.2. The lowest BCUT2D eigenvalue weighted by Gasteiger charge is -2.24. The van der Waals surface area contributed by atoms with E-state index in [0.29, 0.717) is 12.1 Å². The lowest BCUT2D eigenvalue weighted by molar-refractivity contribution is 0.427. The number of aryl methyl sites for hydroxylation is 1. The minimum absolute atomic E-state index is 0.329. The molecule has 1 heterocycles. The van der Waals surface area contributed by atoms with Crippen LogP contribution in [0.4, 0.5) is 0 Å². The van der Waals surface area contributed by atoms with Crippen molar-refractivity contribution in [2.24, 2.45) is 5.92 Å². The highest BCUT2D eigenvalue weighted by atomic mass is 15.0. The smallest absolute Gasteiger partial charge is 0.0353 e. The van der Waals surface area contributed by atoms with Gasteiger partial charge < -0.3 is 5.32 Å². The summed E-state index contributed by atoms with van der Waals surface area (Å²) in [6.07, 6.45) is 6.46. The molecule has 0 aliphatic heterocycles. The maximum absolute atomic E-state index is 4.22. The molecule has 0 radical (unpaired) electrons. The quantitative estimate of drug-likeness (QED) is 0.877. The van der Waals surface area contributed by atoms with Crippen LogP contribution in [0.3, 0.4) is 0 Å². The van der Waals surface area contributed by atoms with Crippen molar-refractivity contribution in [1.29, 1.82) is 0 Å². The SMILES string of the molecule is Cc1ccc(C(NC(C)c2cccnc2)C2CC2)cc1. The Labute approximate surface area is 121 Å². The molecule has 104 valence electrons. The highest BCUT2D eigenvalue weighted by molar-refractivity contribution is 5.26. The van der Waals surface area contributed by atoms with Gasteiger partial charge in [0.2, 0.25) is 0 Å². The van der Waals surface area contributed by atoms with Crippen LogP contribution in [0.5, 0.6) is 0 Å². The predicted molar refractivity (Wildman–Crippen MR) is 82.4 cm³/mol. The molecular formula is C18H22N2. The summed E-state index contributed by atoms with van der Waals surface area (Å²) in [5, 5.41) is 3.79. The fourth-order valence-electron chi connectivity index (χ4n) is 2.71. The second-order valence-electron chi connectivity index (χ2n) is 5.90. The molecule has 1 aliphatic rings. The summed E-state index contributed by atoms with van der Waals surface area (Å²) in [7, 11) is 0. The third-order valence-electron chi connectivity index (χ3n) is 4.14. The summed E-state index contributed by atoms with van der Waals surface area (Å²) >= 11 is 0. The molecule has 1 aromatic heterocycles. The van der Waals surface area contributed by atoms with Crippen LogP contribution in [0.25, 0.3) is 0 Å². The van der Waals surface area contributed by atoms with Crippen LogP contribution in [0.2, 0.25) is 0 Å². The summed E-state index contributed by atoms with van der Waals surface area (Å²) in [5.74, 6) is 0.789. The first kappa shape index (κ1) is 13.3. The van der Waals surface area contributed by atoms with Crippen molar-refractivity contribution < 1.29 is 0 Å². The maximum Gasteiger partial charge on any atom is 0.0353 e. The molecule has 2 unspecified atom stereocenters. The third kappa shape index (κ3) is 3.07. The first-order valence-electron chi connectivity index (χ1n) is 7.46. The van der Waals surface area contributed by atoms with Crippen molar-refractivity contribution in [1.82, 2.24) is 10.3 Å². The highest BCUT2D eigenvalue weighted by Gasteiger charge is 2.33. The molecule has 3 rings (SSSR count). The van der Waals surface area contributed by atoms with Crippen LogP contribution < -0.4 is 5.32 Å². The topological polar surface area (TPSA) is 24.9 Å². The number of nitrogens with zero attached hydrogens (tertiary/aromatic N) is 1. The molecule has 1 fully saturated rings. The van der Waals surface area contributed by atoms with Gasteiger partial charge in [-0.05, 0) is 49.8 Å². The summed E-state index contributed by atoms with van der Waals surface area (Å²) in [4.78, 5) is 4.22. The zero-order chi connectivity index (χ0) is 13.9. The molecule has 2 aromatic rings. The average molecular weight is 266 g/mol. The number of rotatable bonds is 5. The highest BCUT2D eigenvalue weighted by Crippen LogP contribution is 2.42. The van der Waals surface area contributed by atoms with Gasteiger partial charge in [0.05, 0.1) is 0 Å². The Morgan fingerprint density at radius 1 is 1.10 bits per heavy atom. The Balaban J connectivity index is 1.76. The van der Waals surface area contributed by atoms with E-state index in [9.17, 15) is 0 Å². The van der Waals surface area contributed by atoms with E-state index in [2.05, 4.69) is 54.5 Å². The molecule has 2 heteroatoms. The van der Waals surface area contributed by atoms with Crippen molar-refractivity contribution in [3.63, 3.8) is 0 Å². The largest absolute Gasteiger partial charge is 0.303 e. The molecule has 1 saturated carbocycles. The van der Waals surface area contributed by atoms with E-state index < -0.39 is 0 Å². The lowest BCUT2D eigenvalue weighted by atomic mass is 9.99. The van der Waals surface area contributed by atoms with Crippen molar-refractivity contribution >= 4 is 0 Å². The molecule has 1 aliphatic carbocycles. The molecule has 0 spiro atoms. The number of hydrogen-bond acceptors (Lipinski definition) is 2. The van der Waals surface area contributed by atoms with Crippen LogP contribution in [0.15, 0.2) is 48.8 Å². The molecule has 2 atom stereocenters. The summed E-state index contributed by atoms with van der Waals surface area (Å²) in [6.45, 7) is 4.36. The fraction of sp³-hybridized carbons (Fsp3) is 0.389. The molecule has 20 heavy (non-hydrogen) atoms. The molecule has 0 amide bonds. The second kappa shape index (κ2) is 5.76. The summed E-state index contributed by atoms with van der Waals surface area (Å²) < 4.78 is 0. The van der Waals surface area contributed by atoms with Gasteiger partial charge in [-0.15, -0.1) is 0 Å². The molecule has 2 nitrogen and oxygen atoms in total. The van der Waals surface area contributed by atoms with Crippen LogP contribution in [-0.2, 0) is 0 Å². The number of benzene rings is 1. The number of aromatic nitrogens is 1. The Hall–Kier alpha value is -1.67. The predicted octanol–water partition coefficient (Wildman–Crippen LogP) is 4.19. The van der Waals surface area contributed by atoms with Gasteiger partial charge in [0.25, 0.3) is 0 Å². The van der Waals surface area contributed by atoms with Crippen LogP contribution in [0.1, 0.15) is 48.5 Å². The first-order valence-corrected chi connectivity index (χ1v) is 7.46. The van der Waals surface area contributed by atoms with E-state index in [-0.39, 0.29) is 0 Å². The zero-order valence-corrected chi connectivity index (χ0v) is 12.2. The lowest BCUT2D eigenvalue weighted by Crippen LogP contribution is -2.26. The van der Waals surface area contributed by atoms with Crippen molar-refractivity contribution in [2.45, 2.75) is 38.8 Å². The minimum atomic E-state index is 0.329. The van der Waals surface area contributed by atoms with E-state index in [0.717, 1.165) is 5.92 Å². The number of pyridine rings is 1. The Morgan fingerprint density at radius 2 is 1.85 bits per heavy atom. The summed E-state index contributed by atoms with van der Waals surface area (Å²) in [5.41, 5.74) is 3.99. The van der Waals surface area contributed by atoms with Crippen LogP contribution in [0, 0.1) is 12.8 Å². The average Bonchev–Trinajstić information content (AvgIpc) is 3.31. The number of hydrogen-bond donors (Lipinski definition) is 1.